The first-order chi connectivity index (χ1) is 10.2. The van der Waals surface area contributed by atoms with Crippen molar-refractivity contribution in [2.75, 3.05) is 6.54 Å². The highest BCUT2D eigenvalue weighted by atomic mass is 35.5. The van der Waals surface area contributed by atoms with Crippen LogP contribution in [0.4, 0.5) is 0 Å². The van der Waals surface area contributed by atoms with Crippen LogP contribution >= 0.6 is 11.6 Å². The molecule has 0 aliphatic heterocycles. The van der Waals surface area contributed by atoms with Gasteiger partial charge >= 0.3 is 0 Å². The number of carbonyl (C=O) groups is 2. The summed E-state index contributed by atoms with van der Waals surface area (Å²) in [6, 6.07) is 7.33. The molecule has 2 amide bonds. The van der Waals surface area contributed by atoms with Crippen molar-refractivity contribution < 1.29 is 9.59 Å². The lowest BCUT2D eigenvalue weighted by Crippen LogP contribution is -2.36. The van der Waals surface area contributed by atoms with Gasteiger partial charge in [0.1, 0.15) is 0 Å². The Morgan fingerprint density at radius 1 is 1.23 bits per heavy atom. The Hall–Kier alpha value is -1.55. The standard InChI is InChI=1S/C17H25ClN2O2/c1-12(13-8-5-6-9-14(13)18)20-15(21)10-7-11-19-16(22)17(2,3)4/h5-6,8-9,12H,7,10-11H2,1-4H3,(H,19,22)(H,20,21). The molecular weight excluding hydrogens is 300 g/mol. The number of hydrogen-bond donors (Lipinski definition) is 2. The minimum Gasteiger partial charge on any atom is -0.356 e. The van der Waals surface area contributed by atoms with E-state index in [4.69, 9.17) is 11.6 Å². The summed E-state index contributed by atoms with van der Waals surface area (Å²) in [6.45, 7) is 7.99. The van der Waals surface area contributed by atoms with Crippen molar-refractivity contribution in [3.63, 3.8) is 0 Å². The van der Waals surface area contributed by atoms with Crippen LogP contribution in [0.5, 0.6) is 0 Å². The largest absolute Gasteiger partial charge is 0.356 e. The van der Waals surface area contributed by atoms with Gasteiger partial charge in [-0.1, -0.05) is 50.6 Å². The van der Waals surface area contributed by atoms with Crippen LogP contribution in [-0.2, 0) is 9.59 Å². The van der Waals surface area contributed by atoms with Crippen LogP contribution in [0.3, 0.4) is 0 Å². The Kier molecular flexibility index (Phi) is 6.88. The van der Waals surface area contributed by atoms with E-state index in [9.17, 15) is 9.59 Å². The van der Waals surface area contributed by atoms with Crippen LogP contribution in [0.15, 0.2) is 24.3 Å². The molecule has 0 radical (unpaired) electrons. The average Bonchev–Trinajstić information content (AvgIpc) is 2.42. The van der Waals surface area contributed by atoms with Crippen molar-refractivity contribution in [2.24, 2.45) is 5.41 Å². The minimum absolute atomic E-state index is 0.00246. The molecule has 4 nitrogen and oxygen atoms in total. The normalized spacial score (nSPS) is 12.6. The molecule has 5 heteroatoms. The molecule has 2 N–H and O–H groups in total. The second kappa shape index (κ2) is 8.18. The minimum atomic E-state index is -0.402. The molecule has 122 valence electrons. The molecule has 0 heterocycles. The monoisotopic (exact) mass is 324 g/mol. The van der Waals surface area contributed by atoms with Crippen molar-refractivity contribution in [1.29, 1.82) is 0 Å². The molecule has 1 aromatic carbocycles. The first-order valence-electron chi connectivity index (χ1n) is 7.54. The SMILES string of the molecule is CC(NC(=O)CCCNC(=O)C(C)(C)C)c1ccccc1Cl. The number of amides is 2. The van der Waals surface area contributed by atoms with Crippen LogP contribution < -0.4 is 10.6 Å². The lowest BCUT2D eigenvalue weighted by molar-refractivity contribution is -0.128. The molecule has 0 saturated carbocycles. The summed E-state index contributed by atoms with van der Waals surface area (Å²) in [5.74, 6) is -0.0465. The van der Waals surface area contributed by atoms with E-state index in [2.05, 4.69) is 10.6 Å². The van der Waals surface area contributed by atoms with Gasteiger partial charge in [0, 0.05) is 23.4 Å². The molecule has 1 atom stereocenters. The maximum atomic E-state index is 11.9. The Morgan fingerprint density at radius 2 is 1.86 bits per heavy atom. The topological polar surface area (TPSA) is 58.2 Å². The fourth-order valence-electron chi connectivity index (χ4n) is 1.93. The Labute approximate surface area is 137 Å². The fourth-order valence-corrected chi connectivity index (χ4v) is 2.23. The summed E-state index contributed by atoms with van der Waals surface area (Å²) in [6.07, 6.45) is 0.988. The zero-order valence-electron chi connectivity index (χ0n) is 13.7. The maximum absolute atomic E-state index is 11.9. The number of benzene rings is 1. The van der Waals surface area contributed by atoms with Crippen LogP contribution in [0.25, 0.3) is 0 Å². The van der Waals surface area contributed by atoms with Crippen LogP contribution in [0, 0.1) is 5.41 Å². The third kappa shape index (κ3) is 6.06. The van der Waals surface area contributed by atoms with Crippen LogP contribution in [-0.4, -0.2) is 18.4 Å². The van der Waals surface area contributed by atoms with Crippen molar-refractivity contribution in [1.82, 2.24) is 10.6 Å². The van der Waals surface area contributed by atoms with Crippen LogP contribution in [0.1, 0.15) is 52.1 Å². The van der Waals surface area contributed by atoms with Gasteiger partial charge in [-0.3, -0.25) is 9.59 Å². The molecule has 0 aromatic heterocycles. The number of rotatable bonds is 6. The number of hydrogen-bond acceptors (Lipinski definition) is 2. The smallest absolute Gasteiger partial charge is 0.225 e. The Bertz CT molecular complexity index is 524. The number of nitrogens with one attached hydrogen (secondary N) is 2. The molecule has 0 aliphatic carbocycles. The molecule has 1 unspecified atom stereocenters. The average molecular weight is 325 g/mol. The molecule has 0 fully saturated rings. The van der Waals surface area contributed by atoms with E-state index >= 15 is 0 Å². The summed E-state index contributed by atoms with van der Waals surface area (Å²) in [4.78, 5) is 23.6. The van der Waals surface area contributed by atoms with Gasteiger partial charge in [0.25, 0.3) is 0 Å². The third-order valence-corrected chi connectivity index (χ3v) is 3.64. The van der Waals surface area contributed by atoms with E-state index in [1.165, 1.54) is 0 Å². The van der Waals surface area contributed by atoms with Gasteiger partial charge in [0.2, 0.25) is 11.8 Å². The Morgan fingerprint density at radius 3 is 2.45 bits per heavy atom. The quantitative estimate of drug-likeness (QED) is 0.787. The maximum Gasteiger partial charge on any atom is 0.225 e. The van der Waals surface area contributed by atoms with E-state index in [1.807, 2.05) is 52.0 Å². The van der Waals surface area contributed by atoms with Gasteiger partial charge in [-0.25, -0.2) is 0 Å². The Balaban J connectivity index is 2.32. The van der Waals surface area contributed by atoms with Gasteiger partial charge in [-0.2, -0.15) is 0 Å². The summed E-state index contributed by atoms with van der Waals surface area (Å²) >= 11 is 6.11. The lowest BCUT2D eigenvalue weighted by atomic mass is 9.96. The lowest BCUT2D eigenvalue weighted by Gasteiger charge is -2.18. The highest BCUT2D eigenvalue weighted by molar-refractivity contribution is 6.31. The first-order valence-corrected chi connectivity index (χ1v) is 7.91. The van der Waals surface area contributed by atoms with Crippen molar-refractivity contribution in [3.05, 3.63) is 34.9 Å². The summed E-state index contributed by atoms with van der Waals surface area (Å²) in [5.41, 5.74) is 0.499. The van der Waals surface area contributed by atoms with E-state index in [-0.39, 0.29) is 17.9 Å². The van der Waals surface area contributed by atoms with Crippen molar-refractivity contribution in [2.45, 2.75) is 46.6 Å². The fraction of sp³-hybridized carbons (Fsp3) is 0.529. The van der Waals surface area contributed by atoms with Gasteiger partial charge in [0.05, 0.1) is 6.04 Å². The summed E-state index contributed by atoms with van der Waals surface area (Å²) < 4.78 is 0. The first kappa shape index (κ1) is 18.5. The van der Waals surface area contributed by atoms with Gasteiger partial charge < -0.3 is 10.6 Å². The zero-order chi connectivity index (χ0) is 16.8. The second-order valence-corrected chi connectivity index (χ2v) is 6.83. The third-order valence-electron chi connectivity index (χ3n) is 3.30. The van der Waals surface area contributed by atoms with Crippen molar-refractivity contribution in [3.8, 4) is 0 Å². The molecule has 22 heavy (non-hydrogen) atoms. The van der Waals surface area contributed by atoms with Gasteiger partial charge in [-0.15, -0.1) is 0 Å². The summed E-state index contributed by atoms with van der Waals surface area (Å²) in [7, 11) is 0. The molecule has 0 saturated heterocycles. The number of halogens is 1. The highest BCUT2D eigenvalue weighted by Gasteiger charge is 2.20. The van der Waals surface area contributed by atoms with Gasteiger partial charge in [-0.05, 0) is 25.0 Å². The predicted octanol–water partition coefficient (Wildman–Crippen LogP) is 3.46. The number of carbonyl (C=O) groups excluding carboxylic acids is 2. The van der Waals surface area contributed by atoms with E-state index in [0.717, 1.165) is 5.56 Å². The second-order valence-electron chi connectivity index (χ2n) is 6.42. The molecule has 1 aromatic rings. The summed E-state index contributed by atoms with van der Waals surface area (Å²) in [5, 5.41) is 6.40. The van der Waals surface area contributed by atoms with E-state index < -0.39 is 5.41 Å². The molecule has 0 spiro atoms. The van der Waals surface area contributed by atoms with E-state index in [0.29, 0.717) is 24.4 Å². The molecule has 1 rings (SSSR count). The molecule has 0 aliphatic rings. The van der Waals surface area contributed by atoms with E-state index in [1.54, 1.807) is 0 Å². The molecular formula is C17H25ClN2O2. The molecule has 0 bridgehead atoms. The zero-order valence-corrected chi connectivity index (χ0v) is 14.5. The van der Waals surface area contributed by atoms with Gasteiger partial charge in [0.15, 0.2) is 0 Å². The highest BCUT2D eigenvalue weighted by Crippen LogP contribution is 2.22. The predicted molar refractivity (Wildman–Crippen MR) is 89.7 cm³/mol. The van der Waals surface area contributed by atoms with Crippen LogP contribution in [0.2, 0.25) is 5.02 Å². The van der Waals surface area contributed by atoms with Crippen molar-refractivity contribution >= 4 is 23.4 Å².